The maximum atomic E-state index is 11.5. The average molecular weight is 261 g/mol. The molecule has 2 fully saturated rings. The highest BCUT2D eigenvalue weighted by Gasteiger charge is 2.43. The number of piperidine rings is 1. The second kappa shape index (κ2) is 4.55. The molecule has 2 rings (SSSR count). The van der Waals surface area contributed by atoms with Crippen molar-refractivity contribution in [1.82, 2.24) is 4.90 Å². The van der Waals surface area contributed by atoms with Crippen LogP contribution in [-0.4, -0.2) is 55.4 Å². The Morgan fingerprint density at radius 2 is 1.94 bits per heavy atom. The van der Waals surface area contributed by atoms with Gasteiger partial charge in [-0.25, -0.2) is 8.42 Å². The molecule has 0 radical (unpaired) electrons. The second-order valence-electron chi connectivity index (χ2n) is 4.96. The fourth-order valence-corrected chi connectivity index (χ4v) is 4.76. The van der Waals surface area contributed by atoms with Gasteiger partial charge in [-0.1, -0.05) is 6.42 Å². The van der Waals surface area contributed by atoms with Crippen LogP contribution < -0.4 is 11.5 Å². The van der Waals surface area contributed by atoms with Crippen molar-refractivity contribution in [3.05, 3.63) is 0 Å². The van der Waals surface area contributed by atoms with Gasteiger partial charge in [-0.3, -0.25) is 9.69 Å². The van der Waals surface area contributed by atoms with E-state index in [4.69, 9.17) is 11.5 Å². The monoisotopic (exact) mass is 261 g/mol. The van der Waals surface area contributed by atoms with Gasteiger partial charge in [0.1, 0.15) is 0 Å². The summed E-state index contributed by atoms with van der Waals surface area (Å²) < 4.78 is 23.1. The number of nitrogens with zero attached hydrogens (tertiary/aromatic N) is 1. The number of sulfone groups is 1. The molecule has 2 saturated heterocycles. The number of hydrogen-bond donors (Lipinski definition) is 2. The van der Waals surface area contributed by atoms with E-state index in [0.29, 0.717) is 13.0 Å². The zero-order valence-corrected chi connectivity index (χ0v) is 10.5. The number of amides is 1. The molecule has 17 heavy (non-hydrogen) atoms. The molecule has 0 aliphatic carbocycles. The van der Waals surface area contributed by atoms with E-state index in [1.807, 2.05) is 4.90 Å². The Labute approximate surface area is 101 Å². The van der Waals surface area contributed by atoms with Gasteiger partial charge in [0.2, 0.25) is 5.91 Å². The molecule has 2 heterocycles. The third kappa shape index (κ3) is 2.61. The van der Waals surface area contributed by atoms with Crippen molar-refractivity contribution in [2.45, 2.75) is 37.4 Å². The van der Waals surface area contributed by atoms with Crippen LogP contribution in [0, 0.1) is 0 Å². The lowest BCUT2D eigenvalue weighted by atomic mass is 9.97. The summed E-state index contributed by atoms with van der Waals surface area (Å²) in [6, 6.07) is -1.01. The lowest BCUT2D eigenvalue weighted by Gasteiger charge is -2.39. The first-order chi connectivity index (χ1) is 7.91. The average Bonchev–Trinajstić information content (AvgIpc) is 2.52. The van der Waals surface area contributed by atoms with Gasteiger partial charge in [-0.2, -0.15) is 0 Å². The molecular weight excluding hydrogens is 242 g/mol. The lowest BCUT2D eigenvalue weighted by Crippen LogP contribution is -2.57. The van der Waals surface area contributed by atoms with E-state index in [0.717, 1.165) is 12.8 Å². The highest BCUT2D eigenvalue weighted by molar-refractivity contribution is 7.91. The zero-order valence-electron chi connectivity index (χ0n) is 9.71. The van der Waals surface area contributed by atoms with Crippen molar-refractivity contribution in [3.8, 4) is 0 Å². The Morgan fingerprint density at radius 3 is 2.47 bits per heavy atom. The van der Waals surface area contributed by atoms with Crippen LogP contribution in [0.4, 0.5) is 0 Å². The Hall–Kier alpha value is -0.660. The Balaban J connectivity index is 2.17. The van der Waals surface area contributed by atoms with Gasteiger partial charge in [0.15, 0.2) is 9.84 Å². The first-order valence-electron chi connectivity index (χ1n) is 5.92. The number of carbonyl (C=O) groups excluding carboxylic acids is 1. The summed E-state index contributed by atoms with van der Waals surface area (Å²) >= 11 is 0. The fraction of sp³-hybridized carbons (Fsp3) is 0.900. The van der Waals surface area contributed by atoms with Crippen LogP contribution in [0.25, 0.3) is 0 Å². The van der Waals surface area contributed by atoms with Crippen LogP contribution in [0.3, 0.4) is 0 Å². The summed E-state index contributed by atoms with van der Waals surface area (Å²) in [5.74, 6) is -0.307. The summed E-state index contributed by atoms with van der Waals surface area (Å²) in [7, 11) is -3.06. The molecule has 6 nitrogen and oxygen atoms in total. The summed E-state index contributed by atoms with van der Waals surface area (Å²) in [5, 5.41) is 0. The van der Waals surface area contributed by atoms with E-state index in [1.54, 1.807) is 0 Å². The molecule has 2 aliphatic rings. The predicted octanol–water partition coefficient (Wildman–Crippen LogP) is -1.55. The molecule has 3 unspecified atom stereocenters. The lowest BCUT2D eigenvalue weighted by molar-refractivity contribution is -0.125. The van der Waals surface area contributed by atoms with E-state index in [1.165, 1.54) is 0 Å². The van der Waals surface area contributed by atoms with Crippen LogP contribution in [0.15, 0.2) is 0 Å². The normalized spacial score (nSPS) is 38.1. The molecule has 0 spiro atoms. The molecule has 0 bridgehead atoms. The number of hydrogen-bond acceptors (Lipinski definition) is 5. The van der Waals surface area contributed by atoms with Gasteiger partial charge >= 0.3 is 0 Å². The molecule has 4 N–H and O–H groups in total. The van der Waals surface area contributed by atoms with Crippen molar-refractivity contribution in [1.29, 1.82) is 0 Å². The SMILES string of the molecule is NC(=O)C1CCCCN1C1CS(=O)(=O)CC1N. The minimum absolute atomic E-state index is 0.0135. The van der Waals surface area contributed by atoms with E-state index in [2.05, 4.69) is 0 Å². The van der Waals surface area contributed by atoms with Crippen molar-refractivity contribution in [2.24, 2.45) is 11.5 Å². The van der Waals surface area contributed by atoms with Crippen molar-refractivity contribution in [3.63, 3.8) is 0 Å². The van der Waals surface area contributed by atoms with Gasteiger partial charge in [0.25, 0.3) is 0 Å². The molecule has 2 aliphatic heterocycles. The van der Waals surface area contributed by atoms with Gasteiger partial charge in [0, 0.05) is 12.1 Å². The van der Waals surface area contributed by atoms with Crippen molar-refractivity contribution < 1.29 is 13.2 Å². The summed E-state index contributed by atoms with van der Waals surface area (Å²) in [4.78, 5) is 13.3. The van der Waals surface area contributed by atoms with Gasteiger partial charge < -0.3 is 11.5 Å². The van der Waals surface area contributed by atoms with Gasteiger partial charge in [-0.15, -0.1) is 0 Å². The quantitative estimate of drug-likeness (QED) is 0.626. The van der Waals surface area contributed by atoms with E-state index in [9.17, 15) is 13.2 Å². The van der Waals surface area contributed by atoms with Crippen LogP contribution in [0.2, 0.25) is 0 Å². The van der Waals surface area contributed by atoms with Crippen LogP contribution in [-0.2, 0) is 14.6 Å². The number of rotatable bonds is 2. The fourth-order valence-electron chi connectivity index (χ4n) is 2.85. The third-order valence-corrected chi connectivity index (χ3v) is 5.41. The zero-order chi connectivity index (χ0) is 12.6. The number of carbonyl (C=O) groups is 1. The molecule has 3 atom stereocenters. The summed E-state index contributed by atoms with van der Waals surface area (Å²) in [5.41, 5.74) is 11.2. The molecule has 0 aromatic heterocycles. The first kappa shape index (κ1) is 12.8. The van der Waals surface area contributed by atoms with Crippen molar-refractivity contribution in [2.75, 3.05) is 18.1 Å². The van der Waals surface area contributed by atoms with Gasteiger partial charge in [-0.05, 0) is 19.4 Å². The molecule has 0 saturated carbocycles. The maximum absolute atomic E-state index is 11.5. The Bertz CT molecular complexity index is 409. The number of nitrogens with two attached hydrogens (primary N) is 2. The molecule has 98 valence electrons. The smallest absolute Gasteiger partial charge is 0.234 e. The summed E-state index contributed by atoms with van der Waals surface area (Å²) in [6.45, 7) is 0.710. The van der Waals surface area contributed by atoms with Crippen LogP contribution >= 0.6 is 0 Å². The molecule has 0 aromatic rings. The van der Waals surface area contributed by atoms with Gasteiger partial charge in [0.05, 0.1) is 17.5 Å². The molecular formula is C10H19N3O3S. The topological polar surface area (TPSA) is 106 Å². The molecule has 7 heteroatoms. The van der Waals surface area contributed by atoms with E-state index < -0.39 is 15.9 Å². The maximum Gasteiger partial charge on any atom is 0.234 e. The molecule has 0 aromatic carbocycles. The van der Waals surface area contributed by atoms with Crippen LogP contribution in [0.1, 0.15) is 19.3 Å². The highest BCUT2D eigenvalue weighted by atomic mass is 32.2. The number of primary amides is 1. The minimum Gasteiger partial charge on any atom is -0.368 e. The van der Waals surface area contributed by atoms with E-state index in [-0.39, 0.29) is 29.5 Å². The first-order valence-corrected chi connectivity index (χ1v) is 7.74. The summed E-state index contributed by atoms with van der Waals surface area (Å²) in [6.07, 6.45) is 2.63. The Morgan fingerprint density at radius 1 is 1.24 bits per heavy atom. The Kier molecular flexibility index (Phi) is 3.42. The molecule has 1 amide bonds. The highest BCUT2D eigenvalue weighted by Crippen LogP contribution is 2.25. The standard InChI is InChI=1S/C10H19N3O3S/c11-7-5-17(15,16)6-9(7)13-4-2-1-3-8(13)10(12)14/h7-9H,1-6,11H2,(H2,12,14). The second-order valence-corrected chi connectivity index (χ2v) is 7.11. The predicted molar refractivity (Wildman–Crippen MR) is 64.0 cm³/mol. The number of likely N-dealkylation sites (tertiary alicyclic amines) is 1. The third-order valence-electron chi connectivity index (χ3n) is 3.66. The largest absolute Gasteiger partial charge is 0.368 e. The van der Waals surface area contributed by atoms with Crippen LogP contribution in [0.5, 0.6) is 0 Å². The van der Waals surface area contributed by atoms with Crippen molar-refractivity contribution >= 4 is 15.7 Å². The minimum atomic E-state index is -3.06. The van der Waals surface area contributed by atoms with E-state index >= 15 is 0 Å².